The van der Waals surface area contributed by atoms with E-state index in [9.17, 15) is 0 Å². The maximum atomic E-state index is 5.12. The van der Waals surface area contributed by atoms with Crippen LogP contribution >= 0.6 is 0 Å². The smallest absolute Gasteiger partial charge is 0.182 e. The summed E-state index contributed by atoms with van der Waals surface area (Å²) in [6.45, 7) is 3.04. The number of H-pyrrole nitrogens is 1. The topological polar surface area (TPSA) is 84.8 Å². The summed E-state index contributed by atoms with van der Waals surface area (Å²) < 4.78 is 6.90. The number of aromatic amines is 1. The molecule has 0 atom stereocenters. The summed E-state index contributed by atoms with van der Waals surface area (Å²) in [5.74, 6) is 0.767. The highest BCUT2D eigenvalue weighted by molar-refractivity contribution is 5.68. The number of ether oxygens (including phenoxy) is 1. The second-order valence-electron chi connectivity index (χ2n) is 5.81. The van der Waals surface area contributed by atoms with Gasteiger partial charge in [0.2, 0.25) is 0 Å². The first-order valence-corrected chi connectivity index (χ1v) is 7.96. The molecule has 24 heavy (non-hydrogen) atoms. The van der Waals surface area contributed by atoms with Crippen molar-refractivity contribution in [3.05, 3.63) is 42.0 Å². The van der Waals surface area contributed by atoms with Gasteiger partial charge < -0.3 is 14.6 Å². The maximum Gasteiger partial charge on any atom is 0.182 e. The van der Waals surface area contributed by atoms with E-state index in [1.54, 1.807) is 18.1 Å². The van der Waals surface area contributed by atoms with Crippen molar-refractivity contribution < 1.29 is 4.74 Å². The quantitative estimate of drug-likeness (QED) is 0.735. The zero-order chi connectivity index (χ0) is 16.4. The van der Waals surface area contributed by atoms with Crippen LogP contribution in [0.2, 0.25) is 0 Å². The standard InChI is InChI=1S/C16H19N7O/c1-24-7-6-23-16(19-20-21-23)13-3-2-12-4-5-22(15(12)8-13)10-14-9-17-11-18-14/h2-3,8-9,11H,4-7,10H2,1H3,(H,17,18). The molecule has 0 aliphatic carbocycles. The Morgan fingerprint density at radius 3 is 3.12 bits per heavy atom. The van der Waals surface area contributed by atoms with Gasteiger partial charge in [-0.15, -0.1) is 5.10 Å². The minimum atomic E-state index is 0.578. The Morgan fingerprint density at radius 2 is 2.29 bits per heavy atom. The van der Waals surface area contributed by atoms with Crippen molar-refractivity contribution in [1.29, 1.82) is 0 Å². The molecule has 3 heterocycles. The first kappa shape index (κ1) is 14.8. The van der Waals surface area contributed by atoms with Crippen molar-refractivity contribution in [2.45, 2.75) is 19.5 Å². The molecule has 8 heteroatoms. The zero-order valence-corrected chi connectivity index (χ0v) is 13.5. The average molecular weight is 325 g/mol. The number of benzene rings is 1. The van der Waals surface area contributed by atoms with Gasteiger partial charge in [-0.25, -0.2) is 9.67 Å². The maximum absolute atomic E-state index is 5.12. The van der Waals surface area contributed by atoms with E-state index < -0.39 is 0 Å². The molecule has 0 radical (unpaired) electrons. The van der Waals surface area contributed by atoms with Crippen molar-refractivity contribution in [3.8, 4) is 11.4 Å². The summed E-state index contributed by atoms with van der Waals surface area (Å²) in [5.41, 5.74) is 4.72. The van der Waals surface area contributed by atoms with Gasteiger partial charge >= 0.3 is 0 Å². The monoisotopic (exact) mass is 325 g/mol. The lowest BCUT2D eigenvalue weighted by Gasteiger charge is -2.19. The summed E-state index contributed by atoms with van der Waals surface area (Å²) in [4.78, 5) is 9.62. The zero-order valence-electron chi connectivity index (χ0n) is 13.5. The minimum absolute atomic E-state index is 0.578. The number of hydrogen-bond donors (Lipinski definition) is 1. The van der Waals surface area contributed by atoms with E-state index in [1.165, 1.54) is 11.3 Å². The molecule has 124 valence electrons. The van der Waals surface area contributed by atoms with Crippen LogP contribution in [0.3, 0.4) is 0 Å². The van der Waals surface area contributed by atoms with Crippen LogP contribution in [-0.2, 0) is 24.2 Å². The van der Waals surface area contributed by atoms with Crippen LogP contribution in [0.5, 0.6) is 0 Å². The molecule has 3 aromatic rings. The molecular formula is C16H19N7O. The van der Waals surface area contributed by atoms with Gasteiger partial charge in [-0.3, -0.25) is 0 Å². The third kappa shape index (κ3) is 2.76. The van der Waals surface area contributed by atoms with E-state index in [4.69, 9.17) is 4.74 Å². The van der Waals surface area contributed by atoms with Gasteiger partial charge in [-0.1, -0.05) is 12.1 Å². The third-order valence-corrected chi connectivity index (χ3v) is 4.29. The molecule has 1 aromatic carbocycles. The van der Waals surface area contributed by atoms with E-state index >= 15 is 0 Å². The van der Waals surface area contributed by atoms with Gasteiger partial charge in [0, 0.05) is 31.1 Å². The molecule has 0 saturated carbocycles. The molecule has 2 aromatic heterocycles. The highest BCUT2D eigenvalue weighted by Gasteiger charge is 2.21. The molecule has 0 bridgehead atoms. The summed E-state index contributed by atoms with van der Waals surface area (Å²) in [6, 6.07) is 6.44. The Balaban J connectivity index is 1.62. The third-order valence-electron chi connectivity index (χ3n) is 4.29. The molecule has 1 aliphatic rings. The molecule has 0 saturated heterocycles. The van der Waals surface area contributed by atoms with Gasteiger partial charge in [-0.05, 0) is 28.5 Å². The first-order valence-electron chi connectivity index (χ1n) is 7.96. The van der Waals surface area contributed by atoms with E-state index in [1.807, 2.05) is 6.20 Å². The average Bonchev–Trinajstić information content (AvgIpc) is 3.34. The van der Waals surface area contributed by atoms with E-state index in [-0.39, 0.29) is 0 Å². The van der Waals surface area contributed by atoms with Crippen molar-refractivity contribution in [2.24, 2.45) is 0 Å². The Kier molecular flexibility index (Phi) is 3.96. The number of methoxy groups -OCH3 is 1. The Bertz CT molecular complexity index is 812. The lowest BCUT2D eigenvalue weighted by atomic mass is 10.1. The van der Waals surface area contributed by atoms with Gasteiger partial charge in [0.25, 0.3) is 0 Å². The van der Waals surface area contributed by atoms with Crippen LogP contribution < -0.4 is 4.90 Å². The fourth-order valence-corrected chi connectivity index (χ4v) is 3.07. The van der Waals surface area contributed by atoms with Crippen LogP contribution in [0.25, 0.3) is 11.4 Å². The molecule has 4 rings (SSSR count). The van der Waals surface area contributed by atoms with E-state index in [0.29, 0.717) is 13.2 Å². The van der Waals surface area contributed by atoms with Crippen LogP contribution in [0, 0.1) is 0 Å². The van der Waals surface area contributed by atoms with Gasteiger partial charge in [0.1, 0.15) is 0 Å². The normalized spacial score (nSPS) is 13.5. The fourth-order valence-electron chi connectivity index (χ4n) is 3.07. The second kappa shape index (κ2) is 6.40. The SMILES string of the molecule is COCCn1nnnc1-c1ccc2c(c1)N(Cc1cnc[nH]1)CC2. The second-order valence-corrected chi connectivity index (χ2v) is 5.81. The fraction of sp³-hybridized carbons (Fsp3) is 0.375. The summed E-state index contributed by atoms with van der Waals surface area (Å²) in [6.07, 6.45) is 4.64. The van der Waals surface area contributed by atoms with Crippen LogP contribution in [0.15, 0.2) is 30.7 Å². The number of imidazole rings is 1. The van der Waals surface area contributed by atoms with Gasteiger partial charge in [-0.2, -0.15) is 0 Å². The lowest BCUT2D eigenvalue weighted by Crippen LogP contribution is -2.19. The van der Waals surface area contributed by atoms with Crippen molar-refractivity contribution >= 4 is 5.69 Å². The summed E-state index contributed by atoms with van der Waals surface area (Å²) >= 11 is 0. The van der Waals surface area contributed by atoms with Crippen molar-refractivity contribution in [3.63, 3.8) is 0 Å². The van der Waals surface area contributed by atoms with Crippen molar-refractivity contribution in [1.82, 2.24) is 30.2 Å². The highest BCUT2D eigenvalue weighted by Crippen LogP contribution is 2.32. The van der Waals surface area contributed by atoms with Crippen LogP contribution in [0.4, 0.5) is 5.69 Å². The van der Waals surface area contributed by atoms with Gasteiger partial charge in [0.15, 0.2) is 5.82 Å². The number of nitrogens with one attached hydrogen (secondary N) is 1. The first-order chi connectivity index (χ1) is 11.8. The minimum Gasteiger partial charge on any atom is -0.383 e. The number of fused-ring (bicyclic) bond motifs is 1. The molecule has 1 N–H and O–H groups in total. The molecule has 0 unspecified atom stereocenters. The number of tetrazole rings is 1. The number of anilines is 1. The predicted molar refractivity (Wildman–Crippen MR) is 88.5 cm³/mol. The molecule has 0 amide bonds. The summed E-state index contributed by atoms with van der Waals surface area (Å²) in [7, 11) is 1.67. The summed E-state index contributed by atoms with van der Waals surface area (Å²) in [5, 5.41) is 12.0. The van der Waals surface area contributed by atoms with E-state index in [0.717, 1.165) is 36.6 Å². The van der Waals surface area contributed by atoms with Crippen LogP contribution in [-0.4, -0.2) is 50.4 Å². The largest absolute Gasteiger partial charge is 0.383 e. The van der Waals surface area contributed by atoms with Gasteiger partial charge in [0.05, 0.1) is 31.7 Å². The predicted octanol–water partition coefficient (Wildman–Crippen LogP) is 1.27. The molecule has 0 fully saturated rings. The molecular weight excluding hydrogens is 306 g/mol. The number of aromatic nitrogens is 6. The highest BCUT2D eigenvalue weighted by atomic mass is 16.5. The van der Waals surface area contributed by atoms with Crippen molar-refractivity contribution in [2.75, 3.05) is 25.2 Å². The number of hydrogen-bond acceptors (Lipinski definition) is 6. The lowest BCUT2D eigenvalue weighted by molar-refractivity contribution is 0.183. The Morgan fingerprint density at radius 1 is 1.33 bits per heavy atom. The molecule has 1 aliphatic heterocycles. The number of rotatable bonds is 6. The Labute approximate surface area is 139 Å². The van der Waals surface area contributed by atoms with Crippen LogP contribution in [0.1, 0.15) is 11.3 Å². The molecule has 0 spiro atoms. The molecule has 8 nitrogen and oxygen atoms in total. The van der Waals surface area contributed by atoms with E-state index in [2.05, 4.69) is 48.6 Å². The number of nitrogens with zero attached hydrogens (tertiary/aromatic N) is 6. The Hall–Kier alpha value is -2.74.